The van der Waals surface area contributed by atoms with Gasteiger partial charge in [0.2, 0.25) is 0 Å². The summed E-state index contributed by atoms with van der Waals surface area (Å²) in [4.78, 5) is 16.2. The van der Waals surface area contributed by atoms with Crippen LogP contribution in [0, 0.1) is 5.82 Å². The van der Waals surface area contributed by atoms with Crippen molar-refractivity contribution in [2.75, 3.05) is 36.4 Å². The maximum Gasteiger partial charge on any atom is 0.410 e. The molecule has 28 heavy (non-hydrogen) atoms. The van der Waals surface area contributed by atoms with Crippen LogP contribution in [0.5, 0.6) is 0 Å². The molecule has 1 heterocycles. The molecular formula is C22H28FN3O2. The van der Waals surface area contributed by atoms with E-state index in [2.05, 4.69) is 22.3 Å². The average Bonchev–Trinajstić information content (AvgIpc) is 2.66. The van der Waals surface area contributed by atoms with Crippen molar-refractivity contribution in [2.24, 2.45) is 0 Å². The van der Waals surface area contributed by atoms with Crippen molar-refractivity contribution < 1.29 is 13.9 Å². The first-order valence-corrected chi connectivity index (χ1v) is 9.61. The zero-order valence-electron chi connectivity index (χ0n) is 16.7. The molecule has 2 aromatic rings. The van der Waals surface area contributed by atoms with Gasteiger partial charge < -0.3 is 19.9 Å². The number of hydrogen-bond donors (Lipinski definition) is 1. The fraction of sp³-hybridized carbons (Fsp3) is 0.409. The summed E-state index contributed by atoms with van der Waals surface area (Å²) in [6.07, 6.45) is -0.246. The Balaban J connectivity index is 1.50. The van der Waals surface area contributed by atoms with Crippen LogP contribution in [0.25, 0.3) is 0 Å². The van der Waals surface area contributed by atoms with Crippen LogP contribution in [-0.2, 0) is 11.3 Å². The molecule has 1 saturated heterocycles. The van der Waals surface area contributed by atoms with Crippen LogP contribution in [0.15, 0.2) is 48.5 Å². The molecule has 3 rings (SSSR count). The quantitative estimate of drug-likeness (QED) is 0.842. The van der Waals surface area contributed by atoms with Gasteiger partial charge in [-0.3, -0.25) is 0 Å². The van der Waals surface area contributed by atoms with E-state index in [1.54, 1.807) is 11.0 Å². The summed E-state index contributed by atoms with van der Waals surface area (Å²) in [5, 5.41) is 3.31. The highest BCUT2D eigenvalue weighted by Gasteiger charge is 2.25. The second kappa shape index (κ2) is 8.50. The smallest absolute Gasteiger partial charge is 0.410 e. The Bertz CT molecular complexity index is 794. The number of carbonyl (C=O) groups excluding carboxylic acids is 1. The molecule has 1 fully saturated rings. The number of halogens is 1. The van der Waals surface area contributed by atoms with Gasteiger partial charge in [-0.15, -0.1) is 0 Å². The molecular weight excluding hydrogens is 357 g/mol. The molecule has 6 heteroatoms. The molecule has 2 aromatic carbocycles. The number of hydrogen-bond acceptors (Lipinski definition) is 4. The van der Waals surface area contributed by atoms with Crippen molar-refractivity contribution in [1.82, 2.24) is 4.90 Å². The lowest BCUT2D eigenvalue weighted by Gasteiger charge is -2.36. The summed E-state index contributed by atoms with van der Waals surface area (Å²) >= 11 is 0. The van der Waals surface area contributed by atoms with Gasteiger partial charge in [-0.2, -0.15) is 0 Å². The van der Waals surface area contributed by atoms with E-state index in [0.29, 0.717) is 19.6 Å². The number of anilines is 2. The molecule has 0 unspecified atom stereocenters. The van der Waals surface area contributed by atoms with Crippen LogP contribution in [0.1, 0.15) is 26.3 Å². The zero-order chi connectivity index (χ0) is 20.1. The number of nitrogens with one attached hydrogen (secondary N) is 1. The third-order valence-electron chi connectivity index (χ3n) is 4.55. The molecule has 0 aliphatic carbocycles. The van der Waals surface area contributed by atoms with Crippen molar-refractivity contribution in [1.29, 1.82) is 0 Å². The molecule has 0 bridgehead atoms. The van der Waals surface area contributed by atoms with Gasteiger partial charge in [0.15, 0.2) is 0 Å². The van der Waals surface area contributed by atoms with Gasteiger partial charge in [0, 0.05) is 44.1 Å². The van der Waals surface area contributed by atoms with Gasteiger partial charge in [0.05, 0.1) is 0 Å². The largest absolute Gasteiger partial charge is 0.444 e. The number of carbonyl (C=O) groups is 1. The molecule has 1 aliphatic rings. The van der Waals surface area contributed by atoms with E-state index < -0.39 is 5.60 Å². The predicted molar refractivity (Wildman–Crippen MR) is 110 cm³/mol. The van der Waals surface area contributed by atoms with Gasteiger partial charge in [0.25, 0.3) is 0 Å². The molecule has 0 atom stereocenters. The Labute approximate surface area is 166 Å². The van der Waals surface area contributed by atoms with E-state index in [9.17, 15) is 9.18 Å². The van der Waals surface area contributed by atoms with Crippen LogP contribution in [0.2, 0.25) is 0 Å². The average molecular weight is 385 g/mol. The first-order chi connectivity index (χ1) is 13.3. The Hall–Kier alpha value is -2.76. The molecule has 0 spiro atoms. The fourth-order valence-corrected chi connectivity index (χ4v) is 3.11. The Morgan fingerprint density at radius 3 is 2.36 bits per heavy atom. The number of benzene rings is 2. The minimum Gasteiger partial charge on any atom is -0.444 e. The predicted octanol–water partition coefficient (Wildman–Crippen LogP) is 4.49. The van der Waals surface area contributed by atoms with Crippen LogP contribution in [0.3, 0.4) is 0 Å². The summed E-state index contributed by atoms with van der Waals surface area (Å²) in [6, 6.07) is 14.8. The van der Waals surface area contributed by atoms with Crippen molar-refractivity contribution >= 4 is 17.5 Å². The second-order valence-corrected chi connectivity index (χ2v) is 7.98. The van der Waals surface area contributed by atoms with Crippen LogP contribution < -0.4 is 10.2 Å². The van der Waals surface area contributed by atoms with Gasteiger partial charge in [0.1, 0.15) is 11.4 Å². The summed E-state index contributed by atoms with van der Waals surface area (Å²) in [6.45, 7) is 9.06. The minimum atomic E-state index is -0.470. The topological polar surface area (TPSA) is 44.8 Å². The lowest BCUT2D eigenvalue weighted by molar-refractivity contribution is 0.0240. The second-order valence-electron chi connectivity index (χ2n) is 7.98. The van der Waals surface area contributed by atoms with E-state index in [0.717, 1.165) is 30.0 Å². The van der Waals surface area contributed by atoms with E-state index in [1.807, 2.05) is 39.0 Å². The van der Waals surface area contributed by atoms with E-state index in [1.165, 1.54) is 12.1 Å². The van der Waals surface area contributed by atoms with E-state index in [4.69, 9.17) is 4.74 Å². The van der Waals surface area contributed by atoms with Crippen molar-refractivity contribution in [3.63, 3.8) is 0 Å². The molecule has 0 saturated carbocycles. The molecule has 1 amide bonds. The molecule has 1 aliphatic heterocycles. The maximum absolute atomic E-state index is 13.2. The van der Waals surface area contributed by atoms with Crippen molar-refractivity contribution in [3.8, 4) is 0 Å². The van der Waals surface area contributed by atoms with Gasteiger partial charge >= 0.3 is 6.09 Å². The molecule has 0 radical (unpaired) electrons. The highest BCUT2D eigenvalue weighted by molar-refractivity contribution is 5.68. The first kappa shape index (κ1) is 20.0. The number of nitrogens with zero attached hydrogens (tertiary/aromatic N) is 2. The van der Waals surface area contributed by atoms with Crippen molar-refractivity contribution in [3.05, 3.63) is 59.9 Å². The summed E-state index contributed by atoms with van der Waals surface area (Å²) in [5.41, 5.74) is 2.55. The first-order valence-electron chi connectivity index (χ1n) is 9.61. The Morgan fingerprint density at radius 1 is 1.07 bits per heavy atom. The number of amides is 1. The zero-order valence-corrected chi connectivity index (χ0v) is 16.7. The third-order valence-corrected chi connectivity index (χ3v) is 4.55. The molecule has 5 nitrogen and oxygen atoms in total. The van der Waals surface area contributed by atoms with Gasteiger partial charge in [-0.1, -0.05) is 12.1 Å². The standard InChI is InChI=1S/C22H28FN3O2/c1-22(2,3)28-21(27)26-13-11-25(12-14-26)20-9-7-19(8-10-20)24-16-17-5-4-6-18(23)15-17/h4-10,15,24H,11-14,16H2,1-3H3. The third kappa shape index (κ3) is 5.62. The fourth-order valence-electron chi connectivity index (χ4n) is 3.11. The van der Waals surface area contributed by atoms with Crippen LogP contribution >= 0.6 is 0 Å². The molecule has 0 aromatic heterocycles. The lowest BCUT2D eigenvalue weighted by atomic mass is 10.2. The Morgan fingerprint density at radius 2 is 1.75 bits per heavy atom. The Kier molecular flexibility index (Phi) is 6.07. The summed E-state index contributed by atoms with van der Waals surface area (Å²) in [7, 11) is 0. The van der Waals surface area contributed by atoms with Crippen LogP contribution in [-0.4, -0.2) is 42.8 Å². The van der Waals surface area contributed by atoms with E-state index >= 15 is 0 Å². The SMILES string of the molecule is CC(C)(C)OC(=O)N1CCN(c2ccc(NCc3cccc(F)c3)cc2)CC1. The van der Waals surface area contributed by atoms with Crippen molar-refractivity contribution in [2.45, 2.75) is 32.9 Å². The number of rotatable bonds is 4. The number of piperazine rings is 1. The lowest BCUT2D eigenvalue weighted by Crippen LogP contribution is -2.50. The summed E-state index contributed by atoms with van der Waals surface area (Å²) in [5.74, 6) is -0.222. The van der Waals surface area contributed by atoms with Gasteiger partial charge in [-0.05, 0) is 62.7 Å². The minimum absolute atomic E-state index is 0.222. The van der Waals surface area contributed by atoms with E-state index in [-0.39, 0.29) is 11.9 Å². The highest BCUT2D eigenvalue weighted by atomic mass is 19.1. The monoisotopic (exact) mass is 385 g/mol. The van der Waals surface area contributed by atoms with Crippen LogP contribution in [0.4, 0.5) is 20.6 Å². The molecule has 150 valence electrons. The highest BCUT2D eigenvalue weighted by Crippen LogP contribution is 2.21. The number of ether oxygens (including phenoxy) is 1. The normalized spacial score (nSPS) is 14.7. The summed E-state index contributed by atoms with van der Waals surface area (Å²) < 4.78 is 18.7. The maximum atomic E-state index is 13.2. The molecule has 1 N–H and O–H groups in total. The van der Waals surface area contributed by atoms with Gasteiger partial charge in [-0.25, -0.2) is 9.18 Å².